The van der Waals surface area contributed by atoms with Gasteiger partial charge in [0.15, 0.2) is 0 Å². The van der Waals surface area contributed by atoms with Crippen molar-refractivity contribution < 1.29 is 0 Å². The zero-order valence-electron chi connectivity index (χ0n) is 11.1. The maximum Gasteiger partial charge on any atom is 0.214 e. The van der Waals surface area contributed by atoms with E-state index < -0.39 is 0 Å². The lowest BCUT2D eigenvalue weighted by Crippen LogP contribution is -2.49. The monoisotopic (exact) mass is 311 g/mol. The summed E-state index contributed by atoms with van der Waals surface area (Å²) in [5.74, 6) is 0.541. The van der Waals surface area contributed by atoms with Gasteiger partial charge in [-0.2, -0.15) is 5.26 Å². The molecule has 20 heavy (non-hydrogen) atoms. The first-order valence-electron chi connectivity index (χ1n) is 6.22. The second-order valence-electron chi connectivity index (χ2n) is 4.58. The highest BCUT2D eigenvalue weighted by atomic mass is 35.5. The van der Waals surface area contributed by atoms with Gasteiger partial charge in [0, 0.05) is 31.9 Å². The van der Waals surface area contributed by atoms with E-state index >= 15 is 0 Å². The molecule has 0 spiro atoms. The number of guanidine groups is 1. The highest BCUT2D eigenvalue weighted by molar-refractivity contribution is 6.42. The van der Waals surface area contributed by atoms with Gasteiger partial charge in [0.25, 0.3) is 0 Å². The second kappa shape index (κ2) is 6.80. The van der Waals surface area contributed by atoms with E-state index in [0.717, 1.165) is 31.9 Å². The zero-order valence-corrected chi connectivity index (χ0v) is 12.6. The molecule has 2 rings (SSSR count). The first kappa shape index (κ1) is 14.9. The third-order valence-electron chi connectivity index (χ3n) is 3.13. The van der Waals surface area contributed by atoms with Crippen molar-refractivity contribution in [2.45, 2.75) is 0 Å². The zero-order chi connectivity index (χ0) is 14.5. The van der Waals surface area contributed by atoms with Crippen LogP contribution < -0.4 is 5.32 Å². The van der Waals surface area contributed by atoms with Crippen LogP contribution in [0.4, 0.5) is 5.69 Å². The van der Waals surface area contributed by atoms with E-state index in [-0.39, 0.29) is 0 Å². The van der Waals surface area contributed by atoms with Crippen LogP contribution in [0.3, 0.4) is 0 Å². The molecule has 0 amide bonds. The Morgan fingerprint density at radius 1 is 1.25 bits per heavy atom. The molecule has 1 fully saturated rings. The van der Waals surface area contributed by atoms with Gasteiger partial charge in [0.2, 0.25) is 12.2 Å². The molecule has 5 nitrogen and oxygen atoms in total. The van der Waals surface area contributed by atoms with Crippen LogP contribution in [0.1, 0.15) is 0 Å². The van der Waals surface area contributed by atoms with Crippen LogP contribution in [0, 0.1) is 11.5 Å². The molecule has 0 saturated carbocycles. The number of piperazine rings is 1. The fourth-order valence-corrected chi connectivity index (χ4v) is 2.24. The van der Waals surface area contributed by atoms with Gasteiger partial charge in [0.1, 0.15) is 0 Å². The summed E-state index contributed by atoms with van der Waals surface area (Å²) in [6, 6.07) is 5.23. The van der Waals surface area contributed by atoms with Crippen molar-refractivity contribution >= 4 is 34.8 Å². The summed E-state index contributed by atoms with van der Waals surface area (Å²) in [4.78, 5) is 8.15. The summed E-state index contributed by atoms with van der Waals surface area (Å²) in [6.07, 6.45) is 1.83. The average Bonchev–Trinajstić information content (AvgIpc) is 2.43. The van der Waals surface area contributed by atoms with Crippen LogP contribution in [-0.2, 0) is 0 Å². The summed E-state index contributed by atoms with van der Waals surface area (Å²) >= 11 is 11.9. The van der Waals surface area contributed by atoms with Crippen LogP contribution >= 0.6 is 23.2 Å². The third kappa shape index (κ3) is 3.76. The molecule has 1 saturated heterocycles. The maximum absolute atomic E-state index is 8.83. The van der Waals surface area contributed by atoms with Gasteiger partial charge in [0.05, 0.1) is 10.0 Å². The molecule has 1 aromatic rings. The molecule has 1 aliphatic rings. The van der Waals surface area contributed by atoms with Gasteiger partial charge in [-0.1, -0.05) is 23.2 Å². The number of aliphatic imine (C=N–C) groups is 1. The molecule has 0 unspecified atom stereocenters. The molecule has 7 heteroatoms. The smallest absolute Gasteiger partial charge is 0.214 e. The minimum atomic E-state index is 0.464. The van der Waals surface area contributed by atoms with Gasteiger partial charge in [-0.25, -0.2) is 0 Å². The fourth-order valence-electron chi connectivity index (χ4n) is 1.95. The van der Waals surface area contributed by atoms with Crippen LogP contribution in [0.25, 0.3) is 0 Å². The number of halogens is 2. The van der Waals surface area contributed by atoms with Gasteiger partial charge in [-0.3, -0.25) is 0 Å². The Morgan fingerprint density at radius 2 is 1.95 bits per heavy atom. The Balaban J connectivity index is 2.12. The molecular formula is C13H15Cl2N5. The lowest BCUT2D eigenvalue weighted by Gasteiger charge is -2.34. The molecule has 1 aliphatic heterocycles. The fraction of sp³-hybridized carbons (Fsp3) is 0.385. The van der Waals surface area contributed by atoms with Gasteiger partial charge in [-0.05, 0) is 25.2 Å². The minimum Gasteiger partial charge on any atom is -0.339 e. The number of benzene rings is 1. The minimum absolute atomic E-state index is 0.464. The third-order valence-corrected chi connectivity index (χ3v) is 3.87. The number of nitrogens with one attached hydrogen (secondary N) is 1. The molecule has 0 aromatic heterocycles. The Morgan fingerprint density at radius 3 is 2.55 bits per heavy atom. The molecule has 1 N–H and O–H groups in total. The lowest BCUT2D eigenvalue weighted by atomic mass is 10.3. The van der Waals surface area contributed by atoms with E-state index in [9.17, 15) is 0 Å². The summed E-state index contributed by atoms with van der Waals surface area (Å²) < 4.78 is 0. The average molecular weight is 312 g/mol. The first-order chi connectivity index (χ1) is 9.60. The molecule has 106 valence electrons. The number of hydrogen-bond acceptors (Lipinski definition) is 3. The van der Waals surface area contributed by atoms with Crippen molar-refractivity contribution in [2.75, 3.05) is 38.5 Å². The van der Waals surface area contributed by atoms with E-state index in [0.29, 0.717) is 16.0 Å². The highest BCUT2D eigenvalue weighted by Crippen LogP contribution is 2.25. The topological polar surface area (TPSA) is 54.7 Å². The molecule has 1 heterocycles. The Bertz CT molecular complexity index is 544. The summed E-state index contributed by atoms with van der Waals surface area (Å²) in [6.45, 7) is 3.53. The highest BCUT2D eigenvalue weighted by Gasteiger charge is 2.18. The van der Waals surface area contributed by atoms with E-state index in [2.05, 4.69) is 22.3 Å². The van der Waals surface area contributed by atoms with E-state index in [4.69, 9.17) is 28.5 Å². The number of rotatable bonds is 1. The molecular weight excluding hydrogens is 297 g/mol. The van der Waals surface area contributed by atoms with Crippen molar-refractivity contribution in [3.05, 3.63) is 28.2 Å². The van der Waals surface area contributed by atoms with E-state index in [1.165, 1.54) is 0 Å². The normalized spacial score (nSPS) is 16.9. The van der Waals surface area contributed by atoms with Crippen molar-refractivity contribution in [1.82, 2.24) is 9.80 Å². The van der Waals surface area contributed by atoms with Crippen molar-refractivity contribution in [2.24, 2.45) is 4.99 Å². The van der Waals surface area contributed by atoms with Crippen molar-refractivity contribution in [1.29, 1.82) is 5.26 Å². The van der Waals surface area contributed by atoms with Gasteiger partial charge >= 0.3 is 0 Å². The number of likely N-dealkylation sites (N-methyl/N-ethyl adjacent to an activating group) is 1. The summed E-state index contributed by atoms with van der Waals surface area (Å²) in [5, 5.41) is 12.9. The van der Waals surface area contributed by atoms with Crippen LogP contribution in [-0.4, -0.2) is 49.0 Å². The standard InChI is InChI=1S/C13H15Cl2N5/c1-19-4-6-20(7-5-19)13(17-9-16)18-10-2-3-11(14)12(15)8-10/h2-3,8H,4-7H2,1H3,(H,17,18). The first-order valence-corrected chi connectivity index (χ1v) is 6.98. The Labute approximate surface area is 128 Å². The SMILES string of the molecule is CN1CCN(/C(=N/C#N)Nc2ccc(Cl)c(Cl)c2)CC1. The van der Waals surface area contributed by atoms with Gasteiger partial charge < -0.3 is 15.1 Å². The molecule has 0 radical (unpaired) electrons. The predicted molar refractivity (Wildman–Crippen MR) is 82.2 cm³/mol. The van der Waals surface area contributed by atoms with Crippen LogP contribution in [0.2, 0.25) is 10.0 Å². The largest absolute Gasteiger partial charge is 0.339 e. The summed E-state index contributed by atoms with van der Waals surface area (Å²) in [5.41, 5.74) is 0.757. The van der Waals surface area contributed by atoms with Gasteiger partial charge in [-0.15, -0.1) is 4.99 Å². The van der Waals surface area contributed by atoms with Crippen LogP contribution in [0.5, 0.6) is 0 Å². The second-order valence-corrected chi connectivity index (χ2v) is 5.39. The number of nitrogens with zero attached hydrogens (tertiary/aromatic N) is 4. The quantitative estimate of drug-likeness (QED) is 0.492. The maximum atomic E-state index is 8.83. The van der Waals surface area contributed by atoms with Crippen molar-refractivity contribution in [3.63, 3.8) is 0 Å². The van der Waals surface area contributed by atoms with E-state index in [1.807, 2.05) is 11.1 Å². The molecule has 0 aliphatic carbocycles. The molecule has 1 aromatic carbocycles. The number of nitriles is 1. The number of hydrogen-bond donors (Lipinski definition) is 1. The lowest BCUT2D eigenvalue weighted by molar-refractivity contribution is 0.215. The predicted octanol–water partition coefficient (Wildman–Crippen LogP) is 2.49. The Hall–Kier alpha value is -1.48. The molecule has 0 atom stereocenters. The van der Waals surface area contributed by atoms with E-state index in [1.54, 1.807) is 18.2 Å². The number of anilines is 1. The summed E-state index contributed by atoms with van der Waals surface area (Å²) in [7, 11) is 2.07. The molecule has 0 bridgehead atoms. The van der Waals surface area contributed by atoms with Crippen molar-refractivity contribution in [3.8, 4) is 6.19 Å². The van der Waals surface area contributed by atoms with Crippen LogP contribution in [0.15, 0.2) is 23.2 Å². The Kier molecular flexibility index (Phi) is 5.07.